The molecule has 0 fully saturated rings. The van der Waals surface area contributed by atoms with Crippen molar-refractivity contribution in [3.63, 3.8) is 0 Å². The topological polar surface area (TPSA) is 51.0 Å². The van der Waals surface area contributed by atoms with E-state index in [9.17, 15) is 18.0 Å². The van der Waals surface area contributed by atoms with Gasteiger partial charge in [-0.15, -0.1) is 0 Å². The molecule has 2 aromatic carbocycles. The normalized spacial score (nSPS) is 11.6. The molecular formula is C15H11F3N2O2. The number of carbonyl (C=O) groups is 1. The Labute approximate surface area is 124 Å². The van der Waals surface area contributed by atoms with Gasteiger partial charge in [-0.25, -0.2) is 4.79 Å². The Kier molecular flexibility index (Phi) is 4.88. The predicted molar refractivity (Wildman–Crippen MR) is 73.3 cm³/mol. The van der Waals surface area contributed by atoms with E-state index in [1.54, 1.807) is 30.3 Å². The Morgan fingerprint density at radius 3 is 2.23 bits per heavy atom. The summed E-state index contributed by atoms with van der Waals surface area (Å²) < 4.78 is 40.9. The highest BCUT2D eigenvalue weighted by Crippen LogP contribution is 2.21. The lowest BCUT2D eigenvalue weighted by molar-refractivity contribution is -0.119. The van der Waals surface area contributed by atoms with Crippen LogP contribution in [0.5, 0.6) is 5.75 Å². The first-order valence-electron chi connectivity index (χ1n) is 6.25. The van der Waals surface area contributed by atoms with E-state index in [-0.39, 0.29) is 11.4 Å². The third-order valence-electron chi connectivity index (χ3n) is 2.49. The van der Waals surface area contributed by atoms with Crippen LogP contribution in [0.25, 0.3) is 0 Å². The Morgan fingerprint density at radius 2 is 1.64 bits per heavy atom. The van der Waals surface area contributed by atoms with E-state index in [4.69, 9.17) is 4.74 Å². The van der Waals surface area contributed by atoms with Crippen molar-refractivity contribution < 1.29 is 22.7 Å². The van der Waals surface area contributed by atoms with Gasteiger partial charge >= 0.3 is 12.1 Å². The average molecular weight is 308 g/mol. The molecule has 0 aromatic heterocycles. The highest BCUT2D eigenvalue weighted by molar-refractivity contribution is 5.90. The number of ether oxygens (including phenoxy) is 1. The Hall–Kier alpha value is -2.70. The molecular weight excluding hydrogens is 297 g/mol. The van der Waals surface area contributed by atoms with Gasteiger partial charge in [-0.2, -0.15) is 23.4 Å². The minimum atomic E-state index is -4.38. The minimum Gasteiger partial charge on any atom is -0.423 e. The second kappa shape index (κ2) is 6.84. The van der Waals surface area contributed by atoms with Crippen LogP contribution in [0.4, 0.5) is 18.9 Å². The number of benzene rings is 2. The van der Waals surface area contributed by atoms with E-state index in [1.807, 2.05) is 0 Å². The van der Waals surface area contributed by atoms with Gasteiger partial charge in [0.25, 0.3) is 0 Å². The lowest BCUT2D eigenvalue weighted by atomic mass is 10.2. The van der Waals surface area contributed by atoms with Crippen LogP contribution in [0.1, 0.15) is 10.4 Å². The molecule has 0 heterocycles. The van der Waals surface area contributed by atoms with E-state index in [2.05, 4.69) is 10.2 Å². The van der Waals surface area contributed by atoms with Gasteiger partial charge in [-0.1, -0.05) is 18.2 Å². The average Bonchev–Trinajstić information content (AvgIpc) is 2.49. The third-order valence-corrected chi connectivity index (χ3v) is 2.49. The molecule has 22 heavy (non-hydrogen) atoms. The molecule has 0 saturated heterocycles. The van der Waals surface area contributed by atoms with E-state index in [0.717, 1.165) is 0 Å². The summed E-state index contributed by atoms with van der Waals surface area (Å²) in [4.78, 5) is 11.8. The molecule has 0 atom stereocenters. The number of halogens is 3. The van der Waals surface area contributed by atoms with Gasteiger partial charge in [0.15, 0.2) is 6.54 Å². The van der Waals surface area contributed by atoms with Crippen molar-refractivity contribution in [1.29, 1.82) is 0 Å². The van der Waals surface area contributed by atoms with Crippen LogP contribution in [0.3, 0.4) is 0 Å². The first-order valence-corrected chi connectivity index (χ1v) is 6.25. The lowest BCUT2D eigenvalue weighted by Crippen LogP contribution is -2.10. The standard InChI is InChI=1S/C15H11F3N2O2/c16-15(17,18)10-19-20-12-6-8-13(9-7-12)22-14(21)11-4-2-1-3-5-11/h1-9H,10H2. The van der Waals surface area contributed by atoms with Gasteiger partial charge in [0.1, 0.15) is 5.75 Å². The minimum absolute atomic E-state index is 0.240. The molecule has 0 aliphatic rings. The summed E-state index contributed by atoms with van der Waals surface area (Å²) >= 11 is 0. The molecule has 0 saturated carbocycles. The zero-order valence-electron chi connectivity index (χ0n) is 11.2. The van der Waals surface area contributed by atoms with Gasteiger partial charge < -0.3 is 4.74 Å². The fraction of sp³-hybridized carbons (Fsp3) is 0.133. The molecule has 0 unspecified atom stereocenters. The molecule has 2 rings (SSSR count). The zero-order valence-corrected chi connectivity index (χ0v) is 11.2. The Balaban J connectivity index is 1.96. The van der Waals surface area contributed by atoms with E-state index < -0.39 is 18.7 Å². The fourth-order valence-corrected chi connectivity index (χ4v) is 1.52. The highest BCUT2D eigenvalue weighted by Gasteiger charge is 2.26. The van der Waals surface area contributed by atoms with E-state index >= 15 is 0 Å². The molecule has 0 spiro atoms. The van der Waals surface area contributed by atoms with Gasteiger partial charge in [-0.05, 0) is 36.4 Å². The largest absolute Gasteiger partial charge is 0.423 e. The second-order valence-electron chi connectivity index (χ2n) is 4.26. The van der Waals surface area contributed by atoms with Crippen molar-refractivity contribution in [2.24, 2.45) is 10.2 Å². The van der Waals surface area contributed by atoms with E-state index in [1.165, 1.54) is 24.3 Å². The van der Waals surface area contributed by atoms with Crippen molar-refractivity contribution in [2.45, 2.75) is 6.18 Å². The van der Waals surface area contributed by atoms with Gasteiger partial charge in [0.2, 0.25) is 0 Å². The lowest BCUT2D eigenvalue weighted by Gasteiger charge is -2.04. The summed E-state index contributed by atoms with van der Waals surface area (Å²) in [5.74, 6) is -0.254. The third kappa shape index (κ3) is 5.01. The van der Waals surface area contributed by atoms with Crippen molar-refractivity contribution >= 4 is 11.7 Å². The van der Waals surface area contributed by atoms with Crippen LogP contribution in [0.2, 0.25) is 0 Å². The number of esters is 1. The van der Waals surface area contributed by atoms with Crippen molar-refractivity contribution in [1.82, 2.24) is 0 Å². The van der Waals surface area contributed by atoms with Crippen LogP contribution in [0.15, 0.2) is 64.8 Å². The summed E-state index contributed by atoms with van der Waals surface area (Å²) in [6, 6.07) is 14.1. The van der Waals surface area contributed by atoms with Crippen molar-refractivity contribution in [3.8, 4) is 5.75 Å². The molecule has 2 aromatic rings. The molecule has 0 aliphatic heterocycles. The number of azo groups is 1. The van der Waals surface area contributed by atoms with Gasteiger partial charge in [0, 0.05) is 0 Å². The maximum Gasteiger partial charge on any atom is 0.409 e. The predicted octanol–water partition coefficient (Wildman–Crippen LogP) is 4.55. The van der Waals surface area contributed by atoms with Gasteiger partial charge in [0.05, 0.1) is 11.3 Å². The van der Waals surface area contributed by atoms with Gasteiger partial charge in [-0.3, -0.25) is 0 Å². The summed E-state index contributed by atoms with van der Waals surface area (Å²) in [7, 11) is 0. The summed E-state index contributed by atoms with van der Waals surface area (Å²) in [6.45, 7) is -1.34. The Bertz CT molecular complexity index is 653. The highest BCUT2D eigenvalue weighted by atomic mass is 19.4. The van der Waals surface area contributed by atoms with Crippen LogP contribution in [0, 0.1) is 0 Å². The number of alkyl halides is 3. The van der Waals surface area contributed by atoms with Crippen molar-refractivity contribution in [2.75, 3.05) is 6.54 Å². The van der Waals surface area contributed by atoms with E-state index in [0.29, 0.717) is 5.56 Å². The summed E-state index contributed by atoms with van der Waals surface area (Å²) in [6.07, 6.45) is -4.38. The van der Waals surface area contributed by atoms with Crippen LogP contribution < -0.4 is 4.74 Å². The first-order chi connectivity index (χ1) is 10.4. The summed E-state index contributed by atoms with van der Waals surface area (Å²) in [5.41, 5.74) is 0.639. The summed E-state index contributed by atoms with van der Waals surface area (Å²) in [5, 5.41) is 6.48. The number of rotatable bonds is 4. The maximum atomic E-state index is 11.9. The molecule has 0 aliphatic carbocycles. The molecule has 0 radical (unpaired) electrons. The second-order valence-corrected chi connectivity index (χ2v) is 4.26. The molecule has 7 heteroatoms. The first kappa shape index (κ1) is 15.7. The molecule has 114 valence electrons. The van der Waals surface area contributed by atoms with Crippen LogP contribution in [-0.4, -0.2) is 18.7 Å². The monoisotopic (exact) mass is 308 g/mol. The fourth-order valence-electron chi connectivity index (χ4n) is 1.52. The number of hydrogen-bond acceptors (Lipinski definition) is 4. The zero-order chi connectivity index (χ0) is 16.0. The smallest absolute Gasteiger partial charge is 0.409 e. The number of hydrogen-bond donors (Lipinski definition) is 0. The maximum absolute atomic E-state index is 11.9. The molecule has 4 nitrogen and oxygen atoms in total. The van der Waals surface area contributed by atoms with Crippen molar-refractivity contribution in [3.05, 3.63) is 60.2 Å². The quantitative estimate of drug-likeness (QED) is 0.472. The SMILES string of the molecule is O=C(Oc1ccc(N=NCC(F)(F)F)cc1)c1ccccc1. The number of nitrogens with zero attached hydrogens (tertiary/aromatic N) is 2. The Morgan fingerprint density at radius 1 is 1.00 bits per heavy atom. The van der Waals surface area contributed by atoms with Crippen LogP contribution >= 0.6 is 0 Å². The molecule has 0 N–H and O–H groups in total. The number of carbonyl (C=O) groups excluding carboxylic acids is 1. The van der Waals surface area contributed by atoms with Crippen LogP contribution in [-0.2, 0) is 0 Å². The molecule has 0 bridgehead atoms. The molecule has 0 amide bonds.